The van der Waals surface area contributed by atoms with Crippen LogP contribution in [0.15, 0.2) is 0 Å². The van der Waals surface area contributed by atoms with E-state index >= 15 is 0 Å². The number of ether oxygens (including phenoxy) is 1. The first-order chi connectivity index (χ1) is 10.5. The van der Waals surface area contributed by atoms with Gasteiger partial charge in [0, 0.05) is 50.9 Å². The molecule has 1 N–H and O–H groups in total. The zero-order chi connectivity index (χ0) is 15.5. The van der Waals surface area contributed by atoms with Gasteiger partial charge in [-0.05, 0) is 13.8 Å². The quantitative estimate of drug-likeness (QED) is 0.839. The van der Waals surface area contributed by atoms with Crippen LogP contribution in [0.1, 0.15) is 17.1 Å². The van der Waals surface area contributed by atoms with Crippen molar-refractivity contribution < 1.29 is 9.53 Å². The first-order valence-corrected chi connectivity index (χ1v) is 7.72. The van der Waals surface area contributed by atoms with Crippen LogP contribution in [0.4, 0.5) is 4.79 Å². The molecule has 7 nitrogen and oxygen atoms in total. The number of hydrogen-bond donors (Lipinski definition) is 1. The highest BCUT2D eigenvalue weighted by Gasteiger charge is 2.52. The number of urea groups is 1. The van der Waals surface area contributed by atoms with Gasteiger partial charge >= 0.3 is 6.03 Å². The number of carbonyl (C=O) groups is 1. The second-order valence-electron chi connectivity index (χ2n) is 6.70. The summed E-state index contributed by atoms with van der Waals surface area (Å²) in [6.45, 7) is 7.34. The summed E-state index contributed by atoms with van der Waals surface area (Å²) < 4.78 is 5.99. The molecule has 2 saturated heterocycles. The predicted octanol–water partition coefficient (Wildman–Crippen LogP) is 0.106. The third-order valence-electron chi connectivity index (χ3n) is 5.08. The number of nitrogens with one attached hydrogen (secondary N) is 1. The fourth-order valence-corrected chi connectivity index (χ4v) is 3.79. The molecule has 0 aromatic carbocycles. The molecule has 1 aromatic heterocycles. The molecule has 0 radical (unpaired) electrons. The largest absolute Gasteiger partial charge is 0.472 e. The van der Waals surface area contributed by atoms with Crippen LogP contribution in [0.3, 0.4) is 0 Å². The molecule has 0 bridgehead atoms. The van der Waals surface area contributed by atoms with Crippen LogP contribution in [-0.2, 0) is 6.42 Å². The fraction of sp³-hybridized carbons (Fsp3) is 0.667. The number of aromatic nitrogens is 2. The summed E-state index contributed by atoms with van der Waals surface area (Å²) in [5.74, 6) is 1.51. The van der Waals surface area contributed by atoms with Gasteiger partial charge in [0.2, 0.25) is 5.88 Å². The molecule has 1 spiro atoms. The summed E-state index contributed by atoms with van der Waals surface area (Å²) in [7, 11) is 1.88. The van der Waals surface area contributed by atoms with E-state index in [1.807, 2.05) is 25.8 Å². The Morgan fingerprint density at radius 2 is 2.14 bits per heavy atom. The molecule has 118 valence electrons. The second-order valence-corrected chi connectivity index (χ2v) is 6.70. The predicted molar refractivity (Wildman–Crippen MR) is 80.0 cm³/mol. The highest BCUT2D eigenvalue weighted by atomic mass is 16.5. The number of likely N-dealkylation sites (tertiary alicyclic amines) is 1. The number of amides is 2. The Morgan fingerprint density at radius 1 is 1.36 bits per heavy atom. The lowest BCUT2D eigenvalue weighted by Crippen LogP contribution is -2.69. The van der Waals surface area contributed by atoms with Crippen molar-refractivity contribution in [1.82, 2.24) is 25.1 Å². The van der Waals surface area contributed by atoms with E-state index < -0.39 is 0 Å². The summed E-state index contributed by atoms with van der Waals surface area (Å²) in [5.41, 5.74) is 2.14. The van der Waals surface area contributed by atoms with Gasteiger partial charge in [-0.15, -0.1) is 0 Å². The minimum atomic E-state index is -0.0190. The third-order valence-corrected chi connectivity index (χ3v) is 5.08. The van der Waals surface area contributed by atoms with Gasteiger partial charge in [0.1, 0.15) is 11.9 Å². The molecule has 0 aliphatic carbocycles. The van der Waals surface area contributed by atoms with Crippen LogP contribution in [0.25, 0.3) is 0 Å². The van der Waals surface area contributed by atoms with Crippen molar-refractivity contribution in [3.05, 3.63) is 17.1 Å². The second kappa shape index (κ2) is 4.55. The zero-order valence-corrected chi connectivity index (χ0v) is 13.2. The van der Waals surface area contributed by atoms with Crippen molar-refractivity contribution in [3.8, 4) is 5.88 Å². The summed E-state index contributed by atoms with van der Waals surface area (Å²) in [4.78, 5) is 24.6. The number of aryl methyl sites for hydroxylation is 2. The van der Waals surface area contributed by atoms with Gasteiger partial charge in [-0.2, -0.15) is 4.98 Å². The van der Waals surface area contributed by atoms with Crippen molar-refractivity contribution >= 4 is 6.03 Å². The van der Waals surface area contributed by atoms with Gasteiger partial charge in [-0.1, -0.05) is 0 Å². The topological polar surface area (TPSA) is 70.6 Å². The molecule has 1 unspecified atom stereocenters. The molecule has 2 fully saturated rings. The molecule has 4 heterocycles. The Morgan fingerprint density at radius 3 is 2.82 bits per heavy atom. The summed E-state index contributed by atoms with van der Waals surface area (Å²) >= 11 is 0. The molecule has 3 aliphatic heterocycles. The molecular weight excluding hydrogens is 282 g/mol. The fourth-order valence-electron chi connectivity index (χ4n) is 3.79. The van der Waals surface area contributed by atoms with Crippen molar-refractivity contribution in [2.45, 2.75) is 31.9 Å². The molecule has 3 aliphatic rings. The van der Waals surface area contributed by atoms with Crippen LogP contribution in [0.2, 0.25) is 0 Å². The van der Waals surface area contributed by atoms with Crippen molar-refractivity contribution in [1.29, 1.82) is 0 Å². The molecule has 2 amide bonds. The first kappa shape index (κ1) is 13.8. The van der Waals surface area contributed by atoms with E-state index in [2.05, 4.69) is 20.2 Å². The molecule has 7 heteroatoms. The van der Waals surface area contributed by atoms with E-state index in [0.717, 1.165) is 55.6 Å². The summed E-state index contributed by atoms with van der Waals surface area (Å²) in [5, 5.41) is 2.91. The molecule has 22 heavy (non-hydrogen) atoms. The van der Waals surface area contributed by atoms with E-state index in [9.17, 15) is 4.79 Å². The van der Waals surface area contributed by atoms with Crippen LogP contribution >= 0.6 is 0 Å². The standard InChI is InChI=1S/C15H21N5O2/c1-9-12-4-11(22-13(12)18-10(2)17-9)5-20-7-15(8-20)6-16-14(21)19(15)3/h11H,4-8H2,1-3H3,(H,16,21). The Hall–Kier alpha value is -1.89. The number of rotatable bonds is 2. The normalized spacial score (nSPS) is 25.9. The Kier molecular flexibility index (Phi) is 2.84. The van der Waals surface area contributed by atoms with E-state index in [1.54, 1.807) is 0 Å². The van der Waals surface area contributed by atoms with Crippen LogP contribution in [0.5, 0.6) is 5.88 Å². The summed E-state index contributed by atoms with van der Waals surface area (Å²) in [6.07, 6.45) is 1.01. The van der Waals surface area contributed by atoms with Gasteiger partial charge in [-0.3, -0.25) is 4.90 Å². The number of nitrogens with zero attached hydrogens (tertiary/aromatic N) is 4. The maximum atomic E-state index is 11.6. The number of fused-ring (bicyclic) bond motifs is 1. The van der Waals surface area contributed by atoms with E-state index in [1.165, 1.54) is 0 Å². The molecular formula is C15H21N5O2. The SMILES string of the molecule is Cc1nc(C)c2c(n1)OC(CN1CC3(CNC(=O)N3C)C1)C2. The number of hydrogen-bond acceptors (Lipinski definition) is 5. The highest BCUT2D eigenvalue weighted by molar-refractivity contribution is 5.78. The lowest BCUT2D eigenvalue weighted by Gasteiger charge is -2.51. The van der Waals surface area contributed by atoms with Crippen LogP contribution in [-0.4, -0.2) is 70.7 Å². The third kappa shape index (κ3) is 1.95. The van der Waals surface area contributed by atoms with Gasteiger partial charge in [-0.25, -0.2) is 9.78 Å². The average Bonchev–Trinajstić information content (AvgIpc) is 2.94. The van der Waals surface area contributed by atoms with Gasteiger partial charge in [0.25, 0.3) is 0 Å². The van der Waals surface area contributed by atoms with E-state index in [0.29, 0.717) is 0 Å². The Bertz CT molecular complexity index is 641. The lowest BCUT2D eigenvalue weighted by molar-refractivity contribution is -0.0143. The average molecular weight is 303 g/mol. The maximum Gasteiger partial charge on any atom is 0.317 e. The van der Waals surface area contributed by atoms with Crippen LogP contribution in [0, 0.1) is 13.8 Å². The highest BCUT2D eigenvalue weighted by Crippen LogP contribution is 2.33. The molecule has 1 aromatic rings. The maximum absolute atomic E-state index is 11.6. The van der Waals surface area contributed by atoms with Crippen molar-refractivity contribution in [2.24, 2.45) is 0 Å². The molecule has 1 atom stereocenters. The van der Waals surface area contributed by atoms with Crippen molar-refractivity contribution in [2.75, 3.05) is 33.2 Å². The minimum Gasteiger partial charge on any atom is -0.472 e. The van der Waals surface area contributed by atoms with Crippen molar-refractivity contribution in [3.63, 3.8) is 0 Å². The van der Waals surface area contributed by atoms with Crippen LogP contribution < -0.4 is 10.1 Å². The summed E-state index contributed by atoms with van der Waals surface area (Å²) in [6, 6.07) is 0.0329. The van der Waals surface area contributed by atoms with E-state index in [-0.39, 0.29) is 17.7 Å². The number of likely N-dealkylation sites (N-methyl/N-ethyl adjacent to an activating group) is 1. The number of carbonyl (C=O) groups excluding carboxylic acids is 1. The molecule has 4 rings (SSSR count). The monoisotopic (exact) mass is 303 g/mol. The Balaban J connectivity index is 1.38. The zero-order valence-electron chi connectivity index (χ0n) is 13.2. The van der Waals surface area contributed by atoms with Gasteiger partial charge < -0.3 is 15.0 Å². The minimum absolute atomic E-state index is 0.0190. The van der Waals surface area contributed by atoms with Gasteiger partial charge in [0.05, 0.1) is 5.54 Å². The van der Waals surface area contributed by atoms with E-state index in [4.69, 9.17) is 4.74 Å². The van der Waals surface area contributed by atoms with Gasteiger partial charge in [0.15, 0.2) is 0 Å². The molecule has 0 saturated carbocycles. The lowest BCUT2D eigenvalue weighted by atomic mass is 9.89. The Labute approximate surface area is 129 Å². The smallest absolute Gasteiger partial charge is 0.317 e. The first-order valence-electron chi connectivity index (χ1n) is 7.72.